The molecule has 0 fully saturated rings. The minimum atomic E-state index is 1.04. The van der Waals surface area contributed by atoms with Crippen molar-refractivity contribution >= 4 is 27.4 Å². The Morgan fingerprint density at radius 2 is 1.76 bits per heavy atom. The van der Waals surface area contributed by atoms with Gasteiger partial charge >= 0.3 is 0 Å². The molecule has 3 nitrogen and oxygen atoms in total. The Morgan fingerprint density at radius 3 is 2.53 bits per heavy atom. The van der Waals surface area contributed by atoms with Gasteiger partial charge in [-0.25, -0.2) is 0 Å². The molecule has 0 atom stereocenters. The summed E-state index contributed by atoms with van der Waals surface area (Å²) in [6, 6.07) is 12.4. The van der Waals surface area contributed by atoms with Gasteiger partial charge in [0, 0.05) is 16.8 Å². The average Bonchev–Trinajstić information content (AvgIpc) is 2.88. The molecule has 3 rings (SSSR count). The van der Waals surface area contributed by atoms with Gasteiger partial charge in [-0.3, -0.25) is 10.1 Å². The zero-order chi connectivity index (χ0) is 11.8. The Hall–Kier alpha value is -1.81. The molecule has 0 aliphatic rings. The number of hydrogen-bond acceptors (Lipinski definition) is 3. The van der Waals surface area contributed by atoms with Crippen LogP contribution in [0.3, 0.4) is 0 Å². The first-order chi connectivity index (χ1) is 8.25. The molecule has 0 aliphatic carbocycles. The summed E-state index contributed by atoms with van der Waals surface area (Å²) in [4.78, 5) is 0. The number of aryl methyl sites for hydroxylation is 2. The molecule has 1 aromatic carbocycles. The van der Waals surface area contributed by atoms with Gasteiger partial charge in [0.15, 0.2) is 0 Å². The van der Waals surface area contributed by atoms with Gasteiger partial charge in [-0.2, -0.15) is 4.37 Å². The monoisotopic (exact) mass is 243 g/mol. The molecule has 0 unspecified atom stereocenters. The van der Waals surface area contributed by atoms with E-state index in [9.17, 15) is 0 Å². The van der Waals surface area contributed by atoms with E-state index in [4.69, 9.17) is 0 Å². The van der Waals surface area contributed by atoms with Crippen LogP contribution >= 0.6 is 11.5 Å². The van der Waals surface area contributed by atoms with Gasteiger partial charge in [-0.15, -0.1) is 0 Å². The summed E-state index contributed by atoms with van der Waals surface area (Å²) < 4.78 is 6.51. The number of benzene rings is 1. The first-order valence-corrected chi connectivity index (χ1v) is 6.29. The summed E-state index contributed by atoms with van der Waals surface area (Å²) in [5, 5.41) is 2.26. The lowest BCUT2D eigenvalue weighted by atomic mass is 10.2. The molecule has 0 saturated carbocycles. The highest BCUT2D eigenvalue weighted by Gasteiger charge is 2.07. The second-order valence-electron chi connectivity index (χ2n) is 4.09. The third-order valence-corrected chi connectivity index (χ3v) is 3.65. The second-order valence-corrected chi connectivity index (χ2v) is 4.87. The van der Waals surface area contributed by atoms with E-state index in [1.807, 2.05) is 18.2 Å². The number of rotatable bonds is 2. The Morgan fingerprint density at radius 1 is 1.06 bits per heavy atom. The molecule has 2 heterocycles. The largest absolute Gasteiger partial charge is 0.283 e. The molecular weight excluding hydrogens is 230 g/mol. The van der Waals surface area contributed by atoms with Gasteiger partial charge in [0.2, 0.25) is 0 Å². The van der Waals surface area contributed by atoms with Crippen molar-refractivity contribution in [2.24, 2.45) is 0 Å². The van der Waals surface area contributed by atoms with Gasteiger partial charge in [0.1, 0.15) is 5.00 Å². The zero-order valence-electron chi connectivity index (χ0n) is 9.77. The van der Waals surface area contributed by atoms with E-state index in [0.29, 0.717) is 0 Å². The number of anilines is 1. The van der Waals surface area contributed by atoms with Crippen LogP contribution in [-0.4, -0.2) is 9.05 Å². The molecule has 0 aliphatic heterocycles. The molecule has 86 valence electrons. The average molecular weight is 243 g/mol. The Labute approximate surface area is 104 Å². The van der Waals surface area contributed by atoms with Crippen molar-refractivity contribution in [3.05, 3.63) is 47.8 Å². The third kappa shape index (κ3) is 1.70. The zero-order valence-corrected chi connectivity index (χ0v) is 10.6. The van der Waals surface area contributed by atoms with E-state index in [0.717, 1.165) is 10.5 Å². The smallest absolute Gasteiger partial charge is 0.136 e. The Bertz CT molecular complexity index is 647. The molecule has 0 spiro atoms. The molecule has 1 N–H and O–H groups in total. The summed E-state index contributed by atoms with van der Waals surface area (Å²) in [7, 11) is 0. The summed E-state index contributed by atoms with van der Waals surface area (Å²) in [5.41, 5.74) is 6.85. The fourth-order valence-corrected chi connectivity index (χ4v) is 2.67. The van der Waals surface area contributed by atoms with Gasteiger partial charge in [0.05, 0.1) is 5.52 Å². The van der Waals surface area contributed by atoms with E-state index < -0.39 is 0 Å². The first kappa shape index (κ1) is 10.4. The van der Waals surface area contributed by atoms with Gasteiger partial charge < -0.3 is 0 Å². The molecule has 3 aromatic rings. The lowest BCUT2D eigenvalue weighted by molar-refractivity contribution is 0.888. The maximum absolute atomic E-state index is 4.42. The third-order valence-electron chi connectivity index (χ3n) is 2.87. The van der Waals surface area contributed by atoms with Crippen LogP contribution in [0.5, 0.6) is 0 Å². The van der Waals surface area contributed by atoms with E-state index >= 15 is 0 Å². The fraction of sp³-hybridized carbons (Fsp3) is 0.154. The highest BCUT2D eigenvalue weighted by Crippen LogP contribution is 2.27. The Balaban J connectivity index is 2.06. The Kier molecular flexibility index (Phi) is 2.37. The topological polar surface area (TPSA) is 29.9 Å². The maximum Gasteiger partial charge on any atom is 0.136 e. The molecule has 17 heavy (non-hydrogen) atoms. The molecule has 0 saturated heterocycles. The summed E-state index contributed by atoms with van der Waals surface area (Å²) in [5.74, 6) is 0. The molecule has 4 heteroatoms. The van der Waals surface area contributed by atoms with Crippen molar-refractivity contribution in [2.75, 3.05) is 5.43 Å². The van der Waals surface area contributed by atoms with Crippen molar-refractivity contribution in [3.8, 4) is 0 Å². The van der Waals surface area contributed by atoms with Crippen molar-refractivity contribution in [2.45, 2.75) is 13.8 Å². The number of nitrogens with zero attached hydrogens (tertiary/aromatic N) is 2. The number of nitrogens with one attached hydrogen (secondary N) is 1. The maximum atomic E-state index is 4.42. The fourth-order valence-electron chi connectivity index (χ4n) is 1.92. The van der Waals surface area contributed by atoms with Crippen LogP contribution < -0.4 is 5.43 Å². The van der Waals surface area contributed by atoms with Crippen molar-refractivity contribution in [1.29, 1.82) is 0 Å². The minimum absolute atomic E-state index is 1.04. The molecule has 0 amide bonds. The van der Waals surface area contributed by atoms with E-state index in [1.165, 1.54) is 28.3 Å². The lowest BCUT2D eigenvalue weighted by Gasteiger charge is -2.10. The van der Waals surface area contributed by atoms with E-state index in [2.05, 4.69) is 46.5 Å². The van der Waals surface area contributed by atoms with Crippen LogP contribution in [0.2, 0.25) is 0 Å². The highest BCUT2D eigenvalue weighted by atomic mass is 32.1. The highest BCUT2D eigenvalue weighted by molar-refractivity contribution is 7.11. The van der Waals surface area contributed by atoms with Gasteiger partial charge in [0.25, 0.3) is 0 Å². The normalized spacial score (nSPS) is 10.9. The summed E-state index contributed by atoms with van der Waals surface area (Å²) in [6.45, 7) is 4.17. The number of fused-ring (bicyclic) bond motifs is 1. The van der Waals surface area contributed by atoms with Crippen molar-refractivity contribution in [1.82, 2.24) is 9.05 Å². The van der Waals surface area contributed by atoms with E-state index in [1.54, 1.807) is 0 Å². The quantitative estimate of drug-likeness (QED) is 0.745. The molecule has 0 radical (unpaired) electrons. The van der Waals surface area contributed by atoms with Crippen LogP contribution in [0.25, 0.3) is 10.9 Å². The van der Waals surface area contributed by atoms with Gasteiger partial charge in [-0.1, -0.05) is 12.1 Å². The van der Waals surface area contributed by atoms with Gasteiger partial charge in [-0.05, 0) is 49.6 Å². The van der Waals surface area contributed by atoms with Crippen LogP contribution in [0, 0.1) is 13.8 Å². The van der Waals surface area contributed by atoms with Crippen LogP contribution in [0.1, 0.15) is 11.4 Å². The first-order valence-electron chi connectivity index (χ1n) is 5.52. The number of hydrogen-bond donors (Lipinski definition) is 1. The standard InChI is InChI=1S/C13H13N3S/c1-9-7-8-10(2)16(9)14-13-11-5-3-4-6-12(11)15-17-13/h3-8,14H,1-2H3. The molecule has 0 bridgehead atoms. The second kappa shape index (κ2) is 3.89. The van der Waals surface area contributed by atoms with Crippen molar-refractivity contribution in [3.63, 3.8) is 0 Å². The predicted molar refractivity (Wildman–Crippen MR) is 72.5 cm³/mol. The number of aromatic nitrogens is 2. The SMILES string of the molecule is Cc1ccc(C)n1Nc1snc2ccccc12. The van der Waals surface area contributed by atoms with Crippen LogP contribution in [0.15, 0.2) is 36.4 Å². The molecule has 2 aromatic heterocycles. The predicted octanol–water partition coefficient (Wildman–Crippen LogP) is 3.59. The summed E-state index contributed by atoms with van der Waals surface area (Å²) >= 11 is 1.50. The lowest BCUT2D eigenvalue weighted by Crippen LogP contribution is -2.11. The van der Waals surface area contributed by atoms with E-state index in [-0.39, 0.29) is 0 Å². The minimum Gasteiger partial charge on any atom is -0.283 e. The van der Waals surface area contributed by atoms with Crippen LogP contribution in [0.4, 0.5) is 5.00 Å². The van der Waals surface area contributed by atoms with Crippen LogP contribution in [-0.2, 0) is 0 Å². The van der Waals surface area contributed by atoms with Crippen molar-refractivity contribution < 1.29 is 0 Å². The summed E-state index contributed by atoms with van der Waals surface area (Å²) in [6.07, 6.45) is 0. The molecular formula is C13H13N3S.